The van der Waals surface area contributed by atoms with Crippen LogP contribution in [0, 0.1) is 0 Å². The summed E-state index contributed by atoms with van der Waals surface area (Å²) >= 11 is 7.33. The van der Waals surface area contributed by atoms with Gasteiger partial charge in [-0.2, -0.15) is 5.10 Å². The molecular weight excluding hydrogens is 296 g/mol. The second-order valence-electron chi connectivity index (χ2n) is 4.55. The maximum absolute atomic E-state index is 12.2. The summed E-state index contributed by atoms with van der Waals surface area (Å²) in [7, 11) is 0. The van der Waals surface area contributed by atoms with E-state index in [1.807, 2.05) is 26.0 Å². The van der Waals surface area contributed by atoms with E-state index in [0.717, 1.165) is 23.4 Å². The molecule has 20 heavy (non-hydrogen) atoms. The van der Waals surface area contributed by atoms with E-state index in [1.165, 1.54) is 11.3 Å². The number of carbonyl (C=O) groups is 1. The molecule has 2 heterocycles. The lowest BCUT2D eigenvalue weighted by atomic mass is 10.2. The molecule has 0 aliphatic carbocycles. The third kappa shape index (κ3) is 3.13. The second-order valence-corrected chi connectivity index (χ2v) is 6.30. The zero-order valence-corrected chi connectivity index (χ0v) is 12.9. The molecule has 7 heteroatoms. The number of thiophene rings is 1. The molecular formula is C13H17ClN4OS. The van der Waals surface area contributed by atoms with Gasteiger partial charge in [0.1, 0.15) is 0 Å². The molecule has 0 aromatic carbocycles. The first-order valence-electron chi connectivity index (χ1n) is 6.41. The topological polar surface area (TPSA) is 83.8 Å². The van der Waals surface area contributed by atoms with E-state index in [4.69, 9.17) is 17.3 Å². The van der Waals surface area contributed by atoms with E-state index < -0.39 is 0 Å². The number of anilines is 1. The van der Waals surface area contributed by atoms with Crippen molar-refractivity contribution < 1.29 is 4.79 Å². The van der Waals surface area contributed by atoms with Gasteiger partial charge in [0, 0.05) is 4.88 Å². The molecule has 2 rings (SSSR count). The monoisotopic (exact) mass is 312 g/mol. The fraction of sp³-hybridized carbons (Fsp3) is 0.385. The van der Waals surface area contributed by atoms with Gasteiger partial charge < -0.3 is 11.1 Å². The Hall–Kier alpha value is -1.53. The van der Waals surface area contributed by atoms with Crippen molar-refractivity contribution in [3.05, 3.63) is 32.7 Å². The zero-order chi connectivity index (χ0) is 14.7. The summed E-state index contributed by atoms with van der Waals surface area (Å²) in [6.45, 7) is 3.94. The minimum atomic E-state index is -0.280. The first kappa shape index (κ1) is 14.9. The summed E-state index contributed by atoms with van der Waals surface area (Å²) < 4.78 is 0.700. The van der Waals surface area contributed by atoms with Crippen molar-refractivity contribution in [1.29, 1.82) is 0 Å². The van der Waals surface area contributed by atoms with Gasteiger partial charge in [-0.15, -0.1) is 11.3 Å². The van der Waals surface area contributed by atoms with Gasteiger partial charge in [-0.25, -0.2) is 0 Å². The molecule has 1 unspecified atom stereocenters. The normalized spacial score (nSPS) is 12.3. The number of halogens is 1. The molecule has 0 spiro atoms. The Bertz CT molecular complexity index is 607. The van der Waals surface area contributed by atoms with Crippen LogP contribution in [0.2, 0.25) is 4.34 Å². The number of nitrogens with two attached hydrogens (primary N) is 1. The van der Waals surface area contributed by atoms with E-state index in [1.54, 1.807) is 0 Å². The Kier molecular flexibility index (Phi) is 4.67. The Balaban J connectivity index is 2.08. The van der Waals surface area contributed by atoms with Crippen molar-refractivity contribution in [3.63, 3.8) is 0 Å². The van der Waals surface area contributed by atoms with Crippen LogP contribution >= 0.6 is 22.9 Å². The summed E-state index contributed by atoms with van der Waals surface area (Å²) in [4.78, 5) is 13.2. The molecule has 0 saturated carbocycles. The predicted octanol–water partition coefficient (Wildman–Crippen LogP) is 3.15. The fourth-order valence-corrected chi connectivity index (χ4v) is 2.96. The van der Waals surface area contributed by atoms with Crippen LogP contribution < -0.4 is 11.1 Å². The maximum atomic E-state index is 12.2. The number of aromatic amines is 1. The van der Waals surface area contributed by atoms with Crippen LogP contribution in [0.5, 0.6) is 0 Å². The molecule has 0 aliphatic heterocycles. The summed E-state index contributed by atoms with van der Waals surface area (Å²) in [5.74, 6) is -0.280. The molecule has 1 amide bonds. The van der Waals surface area contributed by atoms with Crippen LogP contribution in [-0.4, -0.2) is 16.1 Å². The van der Waals surface area contributed by atoms with Crippen molar-refractivity contribution in [2.75, 3.05) is 5.73 Å². The Labute approximate surface area is 126 Å². The number of amides is 1. The molecule has 5 nitrogen and oxygen atoms in total. The van der Waals surface area contributed by atoms with Gasteiger partial charge in [0.25, 0.3) is 5.91 Å². The lowest BCUT2D eigenvalue weighted by Gasteiger charge is -2.11. The molecule has 2 aromatic rings. The Morgan fingerprint density at radius 3 is 2.95 bits per heavy atom. The van der Waals surface area contributed by atoms with Gasteiger partial charge in [-0.1, -0.05) is 24.9 Å². The SMILES string of the molecule is CCCc1[nH]nc(C(=O)NC(C)c2ccc(Cl)s2)c1N. The van der Waals surface area contributed by atoms with Crippen LogP contribution in [0.15, 0.2) is 12.1 Å². The first-order valence-corrected chi connectivity index (χ1v) is 7.61. The number of nitrogens with zero attached hydrogens (tertiary/aromatic N) is 1. The maximum Gasteiger partial charge on any atom is 0.274 e. The highest BCUT2D eigenvalue weighted by Gasteiger charge is 2.19. The lowest BCUT2D eigenvalue weighted by Crippen LogP contribution is -2.27. The summed E-state index contributed by atoms with van der Waals surface area (Å²) in [6.07, 6.45) is 1.72. The number of aryl methyl sites for hydroxylation is 1. The van der Waals surface area contributed by atoms with Crippen LogP contribution in [0.3, 0.4) is 0 Å². The molecule has 1 atom stereocenters. The van der Waals surface area contributed by atoms with E-state index >= 15 is 0 Å². The van der Waals surface area contributed by atoms with Crippen LogP contribution in [0.25, 0.3) is 0 Å². The molecule has 0 aliphatic rings. The number of H-pyrrole nitrogens is 1. The number of hydrogen-bond acceptors (Lipinski definition) is 4. The highest BCUT2D eigenvalue weighted by atomic mass is 35.5. The predicted molar refractivity (Wildman–Crippen MR) is 82.2 cm³/mol. The molecule has 2 aromatic heterocycles. The Morgan fingerprint density at radius 1 is 1.60 bits per heavy atom. The molecule has 108 valence electrons. The largest absolute Gasteiger partial charge is 0.395 e. The van der Waals surface area contributed by atoms with Gasteiger partial charge in [0.15, 0.2) is 5.69 Å². The third-order valence-electron chi connectivity index (χ3n) is 2.97. The number of nitrogen functional groups attached to an aromatic ring is 1. The van der Waals surface area contributed by atoms with Crippen LogP contribution in [0.1, 0.15) is 47.4 Å². The second kappa shape index (κ2) is 6.28. The van der Waals surface area contributed by atoms with Crippen LogP contribution in [-0.2, 0) is 6.42 Å². The smallest absolute Gasteiger partial charge is 0.274 e. The third-order valence-corrected chi connectivity index (χ3v) is 4.38. The average molecular weight is 313 g/mol. The molecule has 0 saturated heterocycles. The quantitative estimate of drug-likeness (QED) is 0.793. The van der Waals surface area contributed by atoms with Crippen molar-refractivity contribution in [3.8, 4) is 0 Å². The zero-order valence-electron chi connectivity index (χ0n) is 11.4. The van der Waals surface area contributed by atoms with Gasteiger partial charge in [0.2, 0.25) is 0 Å². The summed E-state index contributed by atoms with van der Waals surface area (Å²) in [6, 6.07) is 3.58. The van der Waals surface area contributed by atoms with E-state index in [2.05, 4.69) is 15.5 Å². The van der Waals surface area contributed by atoms with Gasteiger partial charge in [-0.05, 0) is 25.5 Å². The number of carbonyl (C=O) groups excluding carboxylic acids is 1. The molecule has 0 radical (unpaired) electrons. The number of nitrogens with one attached hydrogen (secondary N) is 2. The number of hydrogen-bond donors (Lipinski definition) is 3. The van der Waals surface area contributed by atoms with Crippen molar-refractivity contribution in [2.45, 2.75) is 32.7 Å². The minimum absolute atomic E-state index is 0.134. The fourth-order valence-electron chi connectivity index (χ4n) is 1.90. The van der Waals surface area contributed by atoms with Gasteiger partial charge in [-0.3, -0.25) is 9.89 Å². The van der Waals surface area contributed by atoms with Gasteiger partial charge >= 0.3 is 0 Å². The highest BCUT2D eigenvalue weighted by Crippen LogP contribution is 2.27. The number of rotatable bonds is 5. The van der Waals surface area contributed by atoms with Crippen LogP contribution in [0.4, 0.5) is 5.69 Å². The molecule has 0 bridgehead atoms. The molecule has 4 N–H and O–H groups in total. The van der Waals surface area contributed by atoms with Crippen molar-refractivity contribution >= 4 is 34.5 Å². The molecule has 0 fully saturated rings. The first-order chi connectivity index (χ1) is 9.52. The Morgan fingerprint density at radius 2 is 2.35 bits per heavy atom. The van der Waals surface area contributed by atoms with E-state index in [9.17, 15) is 4.79 Å². The summed E-state index contributed by atoms with van der Waals surface area (Å²) in [5, 5.41) is 9.69. The van der Waals surface area contributed by atoms with E-state index in [0.29, 0.717) is 10.0 Å². The highest BCUT2D eigenvalue weighted by molar-refractivity contribution is 7.16. The van der Waals surface area contributed by atoms with Crippen molar-refractivity contribution in [1.82, 2.24) is 15.5 Å². The van der Waals surface area contributed by atoms with Crippen molar-refractivity contribution in [2.24, 2.45) is 0 Å². The average Bonchev–Trinajstić information content (AvgIpc) is 2.98. The minimum Gasteiger partial charge on any atom is -0.395 e. The van der Waals surface area contributed by atoms with Gasteiger partial charge in [0.05, 0.1) is 21.8 Å². The lowest BCUT2D eigenvalue weighted by molar-refractivity contribution is 0.0936. The summed E-state index contributed by atoms with van der Waals surface area (Å²) in [5.41, 5.74) is 7.43. The standard InChI is InChI=1S/C13H17ClN4OS/c1-3-4-8-11(15)12(18-17-8)13(19)16-7(2)9-5-6-10(14)20-9/h5-7H,3-4,15H2,1-2H3,(H,16,19)(H,17,18). The number of aromatic nitrogens is 2. The van der Waals surface area contributed by atoms with E-state index in [-0.39, 0.29) is 17.6 Å².